The molecule has 31 heavy (non-hydrogen) atoms. The maximum Gasteiger partial charge on any atom is 0.278 e. The van der Waals surface area contributed by atoms with Gasteiger partial charge in [0.1, 0.15) is 5.71 Å². The summed E-state index contributed by atoms with van der Waals surface area (Å²) in [6, 6.07) is 12.3. The summed E-state index contributed by atoms with van der Waals surface area (Å²) in [7, 11) is 0. The van der Waals surface area contributed by atoms with E-state index in [2.05, 4.69) is 23.7 Å². The predicted molar refractivity (Wildman–Crippen MR) is 106 cm³/mol. The molecule has 0 bridgehead atoms. The lowest BCUT2D eigenvalue weighted by molar-refractivity contribution is -0.129. The summed E-state index contributed by atoms with van der Waals surface area (Å²) in [5.41, 5.74) is 1.55. The van der Waals surface area contributed by atoms with E-state index >= 15 is 0 Å². The van der Waals surface area contributed by atoms with Crippen LogP contribution in [0.1, 0.15) is 27.0 Å². The van der Waals surface area contributed by atoms with Gasteiger partial charge in [-0.3, -0.25) is 14.8 Å². The molecule has 0 aromatic heterocycles. The van der Waals surface area contributed by atoms with Crippen LogP contribution in [0.15, 0.2) is 48.5 Å². The normalized spacial score (nSPS) is 10.4. The first-order valence-electron chi connectivity index (χ1n) is 8.59. The van der Waals surface area contributed by atoms with Crippen molar-refractivity contribution >= 4 is 17.5 Å². The van der Waals surface area contributed by atoms with E-state index in [0.717, 1.165) is 5.48 Å². The number of hydroxylamine groups is 1. The van der Waals surface area contributed by atoms with Crippen molar-refractivity contribution in [2.75, 3.05) is 0 Å². The van der Waals surface area contributed by atoms with E-state index in [0.29, 0.717) is 16.7 Å². The van der Waals surface area contributed by atoms with Crippen LogP contribution in [0.25, 0.3) is 0 Å². The first kappa shape index (κ1) is 22.8. The van der Waals surface area contributed by atoms with Crippen molar-refractivity contribution in [3.63, 3.8) is 0 Å². The molecule has 0 saturated heterocycles. The Morgan fingerprint density at radius 3 is 1.87 bits per heavy atom. The minimum absolute atomic E-state index is 0.0343. The van der Waals surface area contributed by atoms with E-state index in [4.69, 9.17) is 15.9 Å². The average molecular weight is 420 g/mol. The van der Waals surface area contributed by atoms with Crippen LogP contribution in [0.4, 0.5) is 8.78 Å². The Bertz CT molecular complexity index is 1150. The topological polar surface area (TPSA) is 126 Å². The zero-order valence-electron chi connectivity index (χ0n) is 15.7. The minimum atomic E-state index is -3.29. The first-order valence-corrected chi connectivity index (χ1v) is 8.59. The Morgan fingerprint density at radius 1 is 0.935 bits per heavy atom. The second kappa shape index (κ2) is 10.9. The number of alkyl halides is 2. The monoisotopic (exact) mass is 420 g/mol. The molecule has 154 valence electrons. The predicted octanol–water partition coefficient (Wildman–Crippen LogP) is 1.85. The number of nitrogens with one attached hydrogen (secondary N) is 3. The van der Waals surface area contributed by atoms with Crippen LogP contribution in [0.5, 0.6) is 0 Å². The van der Waals surface area contributed by atoms with Crippen LogP contribution in [-0.2, 0) is 4.79 Å². The lowest BCUT2D eigenvalue weighted by Crippen LogP contribution is -2.52. The van der Waals surface area contributed by atoms with E-state index < -0.39 is 30.0 Å². The smallest absolute Gasteiger partial charge is 0.278 e. The molecule has 7 nitrogen and oxygen atoms in total. The summed E-state index contributed by atoms with van der Waals surface area (Å²) in [6.45, 7) is 0. The fourth-order valence-electron chi connectivity index (χ4n) is 2.23. The van der Waals surface area contributed by atoms with Gasteiger partial charge in [-0.1, -0.05) is 11.8 Å². The summed E-state index contributed by atoms with van der Waals surface area (Å²) in [4.78, 5) is 23.6. The average Bonchev–Trinajstić information content (AvgIpc) is 2.79. The van der Waals surface area contributed by atoms with Crippen LogP contribution >= 0.6 is 0 Å². The maximum atomic E-state index is 12.7. The Hall–Kier alpha value is -4.52. The number of halogens is 2. The van der Waals surface area contributed by atoms with Crippen molar-refractivity contribution in [2.45, 2.75) is 12.5 Å². The van der Waals surface area contributed by atoms with Crippen molar-refractivity contribution in [1.82, 2.24) is 10.8 Å². The van der Waals surface area contributed by atoms with Gasteiger partial charge < -0.3 is 10.7 Å². The van der Waals surface area contributed by atoms with E-state index in [1.165, 1.54) is 24.3 Å². The number of rotatable bonds is 5. The fraction of sp³-hybridized carbons (Fsp3) is 0.0909. The highest BCUT2D eigenvalue weighted by Crippen LogP contribution is 2.06. The van der Waals surface area contributed by atoms with Gasteiger partial charge in [0.25, 0.3) is 18.2 Å². The largest absolute Gasteiger partial charge is 0.335 e. The highest BCUT2D eigenvalue weighted by Gasteiger charge is 2.30. The number of nitrogens with zero attached hydrogens (tertiary/aromatic N) is 1. The number of amides is 2. The molecule has 1 atom stereocenters. The summed E-state index contributed by atoms with van der Waals surface area (Å²) in [5.74, 6) is 8.63. The van der Waals surface area contributed by atoms with Crippen molar-refractivity contribution in [3.8, 4) is 29.8 Å². The summed E-state index contributed by atoms with van der Waals surface area (Å²) in [6.07, 6.45) is -3.29. The number of benzene rings is 2. The SMILES string of the molecule is N#Cc1ccc(C#CC#Cc2ccc(C(=O)N[C@@H](C(=N)C(F)F)C(=O)NO)cc2)cc1. The van der Waals surface area contributed by atoms with Crippen LogP contribution in [-0.4, -0.2) is 35.2 Å². The number of hydrogen-bond acceptors (Lipinski definition) is 5. The molecule has 0 fully saturated rings. The zero-order chi connectivity index (χ0) is 22.8. The van der Waals surface area contributed by atoms with E-state index in [1.807, 2.05) is 11.4 Å². The molecule has 0 aliphatic rings. The molecule has 2 aromatic carbocycles. The molecule has 0 aliphatic heterocycles. The van der Waals surface area contributed by atoms with Gasteiger partial charge in [-0.15, -0.1) is 0 Å². The number of nitriles is 1. The maximum absolute atomic E-state index is 12.7. The standard InChI is InChI=1S/C22H14F2N4O3/c23-20(24)18(26)19(22(30)28-31)27-21(29)17-11-9-15(10-12-17)4-2-1-3-14-5-7-16(13-25)8-6-14/h5-12,19-20,26,31H,(H,27,29)(H,28,30)/t19-/m0/s1. The third-order valence-corrected chi connectivity index (χ3v) is 3.83. The third-order valence-electron chi connectivity index (χ3n) is 3.83. The second-order valence-electron chi connectivity index (χ2n) is 5.91. The molecule has 0 radical (unpaired) electrons. The number of carbonyl (C=O) groups is 2. The number of carbonyl (C=O) groups excluding carboxylic acids is 2. The van der Waals surface area contributed by atoms with Crippen molar-refractivity contribution in [2.24, 2.45) is 0 Å². The van der Waals surface area contributed by atoms with Crippen LogP contribution in [0, 0.1) is 40.4 Å². The summed E-state index contributed by atoms with van der Waals surface area (Å²) >= 11 is 0. The molecule has 0 aliphatic carbocycles. The van der Waals surface area contributed by atoms with Crippen molar-refractivity contribution in [1.29, 1.82) is 10.7 Å². The van der Waals surface area contributed by atoms with E-state index in [9.17, 15) is 18.4 Å². The van der Waals surface area contributed by atoms with E-state index in [-0.39, 0.29) is 5.56 Å². The number of hydrogen-bond donors (Lipinski definition) is 4. The minimum Gasteiger partial charge on any atom is -0.335 e. The molecule has 2 rings (SSSR count). The van der Waals surface area contributed by atoms with Crippen molar-refractivity contribution < 1.29 is 23.6 Å². The lowest BCUT2D eigenvalue weighted by atomic mass is 10.1. The molecule has 2 amide bonds. The molecule has 0 heterocycles. The molecule has 0 saturated carbocycles. The van der Waals surface area contributed by atoms with Gasteiger partial charge in [0.05, 0.1) is 11.6 Å². The summed E-state index contributed by atoms with van der Waals surface area (Å²) in [5, 5.41) is 26.6. The van der Waals surface area contributed by atoms with Gasteiger partial charge in [-0.05, 0) is 60.4 Å². The Kier molecular flexibility index (Phi) is 7.98. The molecule has 0 unspecified atom stereocenters. The lowest BCUT2D eigenvalue weighted by Gasteiger charge is -2.17. The highest BCUT2D eigenvalue weighted by atomic mass is 19.3. The van der Waals surface area contributed by atoms with Crippen molar-refractivity contribution in [3.05, 3.63) is 70.8 Å². The zero-order valence-corrected chi connectivity index (χ0v) is 15.7. The van der Waals surface area contributed by atoms with Gasteiger partial charge in [0.2, 0.25) is 0 Å². The molecule has 2 aromatic rings. The van der Waals surface area contributed by atoms with Gasteiger partial charge in [-0.25, -0.2) is 14.3 Å². The third kappa shape index (κ3) is 6.50. The van der Waals surface area contributed by atoms with Gasteiger partial charge in [-0.2, -0.15) is 5.26 Å². The quantitative estimate of drug-likeness (QED) is 0.255. The van der Waals surface area contributed by atoms with Crippen LogP contribution in [0.3, 0.4) is 0 Å². The van der Waals surface area contributed by atoms with Crippen LogP contribution < -0.4 is 10.8 Å². The highest BCUT2D eigenvalue weighted by molar-refractivity contribution is 6.11. The van der Waals surface area contributed by atoms with E-state index in [1.54, 1.807) is 24.3 Å². The van der Waals surface area contributed by atoms with Gasteiger partial charge in [0.15, 0.2) is 6.04 Å². The Morgan fingerprint density at radius 2 is 1.42 bits per heavy atom. The fourth-order valence-corrected chi connectivity index (χ4v) is 2.23. The first-order chi connectivity index (χ1) is 14.8. The van der Waals surface area contributed by atoms with Crippen LogP contribution in [0.2, 0.25) is 0 Å². The second-order valence-corrected chi connectivity index (χ2v) is 5.91. The summed E-state index contributed by atoms with van der Waals surface area (Å²) < 4.78 is 25.4. The Balaban J connectivity index is 2.06. The molecular formula is C22H14F2N4O3. The molecule has 9 heteroatoms. The molecule has 4 N–H and O–H groups in total. The molecule has 0 spiro atoms. The molecular weight excluding hydrogens is 406 g/mol. The van der Waals surface area contributed by atoms with Gasteiger partial charge in [0, 0.05) is 16.7 Å². The Labute approximate surface area is 176 Å². The van der Waals surface area contributed by atoms with Gasteiger partial charge >= 0.3 is 0 Å².